The molecule has 0 radical (unpaired) electrons. The fraction of sp³-hybridized carbons (Fsp3) is 0.615. The van der Waals surface area contributed by atoms with Gasteiger partial charge < -0.3 is 4.90 Å². The molecule has 0 amide bonds. The van der Waals surface area contributed by atoms with E-state index in [1.807, 2.05) is 7.05 Å². The maximum atomic E-state index is 12.6. The minimum absolute atomic E-state index is 0.00901. The summed E-state index contributed by atoms with van der Waals surface area (Å²) in [5.41, 5.74) is 0.668. The Balaban J connectivity index is 2.26. The summed E-state index contributed by atoms with van der Waals surface area (Å²) in [4.78, 5) is 6.30. The normalized spacial score (nSPS) is 21.4. The molecule has 0 saturated carbocycles. The van der Waals surface area contributed by atoms with Crippen molar-refractivity contribution in [1.29, 1.82) is 0 Å². The van der Waals surface area contributed by atoms with E-state index in [9.17, 15) is 8.42 Å². The number of halogens is 1. The first kappa shape index (κ1) is 15.7. The minimum atomic E-state index is -3.52. The summed E-state index contributed by atoms with van der Waals surface area (Å²) in [6.07, 6.45) is 3.23. The van der Waals surface area contributed by atoms with Crippen LogP contribution in [0.15, 0.2) is 17.2 Å². The predicted octanol–water partition coefficient (Wildman–Crippen LogP) is 1.76. The van der Waals surface area contributed by atoms with Gasteiger partial charge in [-0.1, -0.05) is 11.6 Å². The molecule has 1 aliphatic rings. The van der Waals surface area contributed by atoms with Crippen LogP contribution in [0.1, 0.15) is 18.4 Å². The molecule has 2 heterocycles. The molecule has 20 heavy (non-hydrogen) atoms. The van der Waals surface area contributed by atoms with Gasteiger partial charge in [-0.15, -0.1) is 0 Å². The Hall–Kier alpha value is -0.690. The van der Waals surface area contributed by atoms with Crippen molar-refractivity contribution in [3.8, 4) is 0 Å². The summed E-state index contributed by atoms with van der Waals surface area (Å²) >= 11 is 5.85. The van der Waals surface area contributed by atoms with Crippen molar-refractivity contribution in [3.63, 3.8) is 0 Å². The summed E-state index contributed by atoms with van der Waals surface area (Å²) in [6, 6.07) is 1.59. The lowest BCUT2D eigenvalue weighted by molar-refractivity contribution is 0.187. The quantitative estimate of drug-likeness (QED) is 0.797. The molecule has 2 rings (SSSR count). The third kappa shape index (κ3) is 3.14. The van der Waals surface area contributed by atoms with Crippen molar-refractivity contribution in [2.75, 3.05) is 27.2 Å². The van der Waals surface area contributed by atoms with Gasteiger partial charge in [0.2, 0.25) is 10.0 Å². The van der Waals surface area contributed by atoms with Gasteiger partial charge >= 0.3 is 0 Å². The van der Waals surface area contributed by atoms with Crippen molar-refractivity contribution in [3.05, 3.63) is 23.0 Å². The van der Waals surface area contributed by atoms with E-state index in [4.69, 9.17) is 11.6 Å². The Morgan fingerprint density at radius 2 is 2.20 bits per heavy atom. The molecule has 1 aromatic heterocycles. The second-order valence-electron chi connectivity index (χ2n) is 5.36. The first-order chi connectivity index (χ1) is 9.32. The largest absolute Gasteiger partial charge is 0.305 e. The molecule has 112 valence electrons. The van der Waals surface area contributed by atoms with Crippen LogP contribution in [0.25, 0.3) is 0 Å². The van der Waals surface area contributed by atoms with Crippen LogP contribution in [0.3, 0.4) is 0 Å². The lowest BCUT2D eigenvalue weighted by Crippen LogP contribution is -2.47. The van der Waals surface area contributed by atoms with Crippen LogP contribution in [-0.2, 0) is 10.0 Å². The standard InChI is InChI=1S/C13H20ClN3O2S/c1-10-7-12(8-15-13(10)14)20(18,19)17(3)11-5-4-6-16(2)9-11/h7-8,11H,4-6,9H2,1-3H3/t11-/m0/s1. The van der Waals surface area contributed by atoms with Gasteiger partial charge in [-0.2, -0.15) is 4.31 Å². The molecule has 1 aromatic rings. The second-order valence-corrected chi connectivity index (χ2v) is 7.71. The van der Waals surface area contributed by atoms with Crippen LogP contribution < -0.4 is 0 Å². The molecule has 0 bridgehead atoms. The van der Waals surface area contributed by atoms with Gasteiger partial charge in [-0.05, 0) is 45.0 Å². The average Bonchev–Trinajstić information content (AvgIpc) is 2.40. The van der Waals surface area contributed by atoms with Crippen molar-refractivity contribution in [2.45, 2.75) is 30.7 Å². The van der Waals surface area contributed by atoms with Crippen molar-refractivity contribution >= 4 is 21.6 Å². The van der Waals surface area contributed by atoms with Crippen LogP contribution in [0, 0.1) is 6.92 Å². The van der Waals surface area contributed by atoms with Crippen LogP contribution in [0.2, 0.25) is 5.15 Å². The number of sulfonamides is 1. The topological polar surface area (TPSA) is 53.5 Å². The molecular formula is C13H20ClN3O2S. The van der Waals surface area contributed by atoms with E-state index in [0.717, 1.165) is 25.9 Å². The van der Waals surface area contributed by atoms with E-state index < -0.39 is 10.0 Å². The van der Waals surface area contributed by atoms with Crippen molar-refractivity contribution in [2.24, 2.45) is 0 Å². The zero-order valence-electron chi connectivity index (χ0n) is 12.0. The molecule has 0 aromatic carbocycles. The SMILES string of the molecule is Cc1cc(S(=O)(=O)N(C)[C@H]2CCCN(C)C2)cnc1Cl. The van der Waals surface area contributed by atoms with Crippen molar-refractivity contribution in [1.82, 2.24) is 14.2 Å². The van der Waals surface area contributed by atoms with Crippen LogP contribution >= 0.6 is 11.6 Å². The van der Waals surface area contributed by atoms with Crippen LogP contribution in [0.4, 0.5) is 0 Å². The lowest BCUT2D eigenvalue weighted by atomic mass is 10.1. The zero-order chi connectivity index (χ0) is 14.9. The molecule has 7 heteroatoms. The van der Waals surface area contributed by atoms with Crippen molar-refractivity contribution < 1.29 is 8.42 Å². The number of rotatable bonds is 3. The maximum Gasteiger partial charge on any atom is 0.244 e. The molecule has 1 aliphatic heterocycles. The second kappa shape index (κ2) is 5.97. The fourth-order valence-corrected chi connectivity index (χ4v) is 3.98. The van der Waals surface area contributed by atoms with Crippen LogP contribution in [-0.4, -0.2) is 55.8 Å². The molecule has 0 N–H and O–H groups in total. The van der Waals surface area contributed by atoms with Gasteiger partial charge in [-0.25, -0.2) is 13.4 Å². The molecule has 5 nitrogen and oxygen atoms in total. The summed E-state index contributed by atoms with van der Waals surface area (Å²) in [7, 11) is 0.141. The molecule has 1 fully saturated rings. The van der Waals surface area contributed by atoms with E-state index in [2.05, 4.69) is 9.88 Å². The van der Waals surface area contributed by atoms with Gasteiger partial charge in [0, 0.05) is 25.8 Å². The Kier molecular flexibility index (Phi) is 4.69. The van der Waals surface area contributed by atoms with E-state index >= 15 is 0 Å². The highest BCUT2D eigenvalue weighted by Crippen LogP contribution is 2.23. The number of aryl methyl sites for hydroxylation is 1. The summed E-state index contributed by atoms with van der Waals surface area (Å²) < 4.78 is 26.7. The van der Waals surface area contributed by atoms with E-state index in [1.165, 1.54) is 10.5 Å². The third-order valence-corrected chi connectivity index (χ3v) is 6.05. The number of hydrogen-bond donors (Lipinski definition) is 0. The number of piperidine rings is 1. The first-order valence-electron chi connectivity index (χ1n) is 6.61. The molecule has 0 spiro atoms. The Bertz CT molecular complexity index is 591. The van der Waals surface area contributed by atoms with E-state index in [0.29, 0.717) is 10.7 Å². The monoisotopic (exact) mass is 317 g/mol. The maximum absolute atomic E-state index is 12.6. The highest BCUT2D eigenvalue weighted by Gasteiger charge is 2.30. The van der Waals surface area contributed by atoms with Gasteiger partial charge in [0.1, 0.15) is 10.0 Å². The average molecular weight is 318 g/mol. The molecule has 1 saturated heterocycles. The summed E-state index contributed by atoms with van der Waals surface area (Å²) in [6.45, 7) is 3.53. The number of likely N-dealkylation sites (N-methyl/N-ethyl adjacent to an activating group) is 2. The van der Waals surface area contributed by atoms with Gasteiger partial charge in [0.25, 0.3) is 0 Å². The molecular weight excluding hydrogens is 298 g/mol. The first-order valence-corrected chi connectivity index (χ1v) is 8.43. The van der Waals surface area contributed by atoms with Gasteiger partial charge in [0.05, 0.1) is 0 Å². The van der Waals surface area contributed by atoms with Crippen LogP contribution in [0.5, 0.6) is 0 Å². The lowest BCUT2D eigenvalue weighted by Gasteiger charge is -2.35. The zero-order valence-corrected chi connectivity index (χ0v) is 13.6. The number of nitrogens with zero attached hydrogens (tertiary/aromatic N) is 3. The third-order valence-electron chi connectivity index (χ3n) is 3.78. The Morgan fingerprint density at radius 1 is 1.50 bits per heavy atom. The number of aromatic nitrogens is 1. The highest BCUT2D eigenvalue weighted by molar-refractivity contribution is 7.89. The van der Waals surface area contributed by atoms with E-state index in [1.54, 1.807) is 20.0 Å². The smallest absolute Gasteiger partial charge is 0.244 e. The van der Waals surface area contributed by atoms with E-state index in [-0.39, 0.29) is 10.9 Å². The van der Waals surface area contributed by atoms with Gasteiger partial charge in [-0.3, -0.25) is 0 Å². The summed E-state index contributed by atoms with van der Waals surface area (Å²) in [5.74, 6) is 0. The molecule has 1 atom stereocenters. The Labute approximate surface area is 125 Å². The van der Waals surface area contributed by atoms with Gasteiger partial charge in [0.15, 0.2) is 0 Å². The predicted molar refractivity (Wildman–Crippen MR) is 79.5 cm³/mol. The highest BCUT2D eigenvalue weighted by atomic mass is 35.5. The summed E-state index contributed by atoms with van der Waals surface area (Å²) in [5, 5.41) is 0.337. The molecule has 0 unspecified atom stereocenters. The molecule has 0 aliphatic carbocycles. The minimum Gasteiger partial charge on any atom is -0.305 e. The fourth-order valence-electron chi connectivity index (χ4n) is 2.47. The number of hydrogen-bond acceptors (Lipinski definition) is 4. The number of likely N-dealkylation sites (tertiary alicyclic amines) is 1. The number of pyridine rings is 1. The Morgan fingerprint density at radius 3 is 2.80 bits per heavy atom.